The number of aromatic nitrogens is 2. The van der Waals surface area contributed by atoms with E-state index in [1.165, 1.54) is 10.9 Å². The Labute approximate surface area is 110 Å². The molecule has 0 aromatic carbocycles. The highest BCUT2D eigenvalue weighted by Crippen LogP contribution is 2.05. The minimum absolute atomic E-state index is 0.119. The normalized spacial score (nSPS) is 10.6. The first-order valence-corrected chi connectivity index (χ1v) is 5.71. The molecule has 2 rings (SSSR count). The second kappa shape index (κ2) is 5.27. The first-order valence-electron chi connectivity index (χ1n) is 5.71. The zero-order valence-corrected chi connectivity index (χ0v) is 10.7. The van der Waals surface area contributed by atoms with Crippen LogP contribution in [-0.4, -0.2) is 15.9 Å². The molecule has 0 radical (unpaired) electrons. The average Bonchev–Trinajstić information content (AvgIpc) is 2.39. The van der Waals surface area contributed by atoms with Crippen LogP contribution < -0.4 is 5.56 Å². The smallest absolute Gasteiger partial charge is 0.266 e. The van der Waals surface area contributed by atoms with E-state index in [0.29, 0.717) is 11.3 Å². The predicted molar refractivity (Wildman–Crippen MR) is 72.1 cm³/mol. The van der Waals surface area contributed by atoms with Crippen molar-refractivity contribution in [3.63, 3.8) is 0 Å². The summed E-state index contributed by atoms with van der Waals surface area (Å²) in [5.41, 5.74) is 1.85. The first kappa shape index (κ1) is 12.7. The molecule has 94 valence electrons. The summed E-state index contributed by atoms with van der Waals surface area (Å²) in [6, 6.07) is 7.29. The predicted octanol–water partition coefficient (Wildman–Crippen LogP) is 1.61. The van der Waals surface area contributed by atoms with Crippen LogP contribution in [0.15, 0.2) is 40.5 Å². The Balaban J connectivity index is 2.50. The van der Waals surface area contributed by atoms with Gasteiger partial charge in [-0.15, -0.1) is 0 Å². The van der Waals surface area contributed by atoms with Gasteiger partial charge in [-0.25, -0.2) is 4.68 Å². The van der Waals surface area contributed by atoms with E-state index in [-0.39, 0.29) is 5.56 Å². The molecule has 19 heavy (non-hydrogen) atoms. The lowest BCUT2D eigenvalue weighted by atomic mass is 10.1. The number of nitriles is 1. The topological polar surface area (TPSA) is 71.0 Å². The second-order valence-corrected chi connectivity index (χ2v) is 4.10. The zero-order chi connectivity index (χ0) is 13.8. The van der Waals surface area contributed by atoms with E-state index in [0.717, 1.165) is 5.56 Å². The number of aryl methyl sites for hydroxylation is 2. The summed E-state index contributed by atoms with van der Waals surface area (Å²) < 4.78 is 1.22. The molecule has 0 N–H and O–H groups in total. The van der Waals surface area contributed by atoms with E-state index in [4.69, 9.17) is 5.26 Å². The van der Waals surface area contributed by atoms with E-state index >= 15 is 0 Å². The summed E-state index contributed by atoms with van der Waals surface area (Å²) in [4.78, 5) is 16.0. The lowest BCUT2D eigenvalue weighted by Crippen LogP contribution is -2.22. The molecule has 0 unspecified atom stereocenters. The molecule has 0 saturated heterocycles. The van der Waals surface area contributed by atoms with Crippen LogP contribution in [-0.2, 0) is 0 Å². The lowest BCUT2D eigenvalue weighted by Gasteiger charge is -2.05. The Bertz CT molecular complexity index is 724. The summed E-state index contributed by atoms with van der Waals surface area (Å²) in [5.74, 6) is 0. The van der Waals surface area contributed by atoms with Crippen molar-refractivity contribution in [1.29, 1.82) is 5.26 Å². The fraction of sp³-hybridized carbons (Fsp3) is 0.143. The second-order valence-electron chi connectivity index (χ2n) is 4.10. The Morgan fingerprint density at radius 2 is 2.26 bits per heavy atom. The van der Waals surface area contributed by atoms with Gasteiger partial charge in [-0.05, 0) is 31.5 Å². The largest absolute Gasteiger partial charge is 0.289 e. The fourth-order valence-corrected chi connectivity index (χ4v) is 1.74. The van der Waals surface area contributed by atoms with Gasteiger partial charge in [-0.2, -0.15) is 10.4 Å². The van der Waals surface area contributed by atoms with Crippen molar-refractivity contribution >= 4 is 6.21 Å². The highest BCUT2D eigenvalue weighted by molar-refractivity contribution is 5.78. The molecule has 0 amide bonds. The molecule has 0 aliphatic rings. The molecule has 2 aromatic heterocycles. The molecule has 0 atom stereocenters. The van der Waals surface area contributed by atoms with Crippen molar-refractivity contribution in [1.82, 2.24) is 9.66 Å². The van der Waals surface area contributed by atoms with Crippen LogP contribution in [0.4, 0.5) is 0 Å². The number of rotatable bonds is 2. The van der Waals surface area contributed by atoms with Crippen LogP contribution in [0.1, 0.15) is 22.4 Å². The van der Waals surface area contributed by atoms with Gasteiger partial charge in [0.15, 0.2) is 0 Å². The molecule has 0 saturated carbocycles. The van der Waals surface area contributed by atoms with Crippen molar-refractivity contribution in [2.75, 3.05) is 0 Å². The quantitative estimate of drug-likeness (QED) is 0.762. The van der Waals surface area contributed by atoms with Gasteiger partial charge in [0.1, 0.15) is 11.6 Å². The molecule has 2 aromatic rings. The average molecular weight is 252 g/mol. The van der Waals surface area contributed by atoms with Crippen molar-refractivity contribution in [3.8, 4) is 6.07 Å². The van der Waals surface area contributed by atoms with Crippen molar-refractivity contribution < 1.29 is 0 Å². The number of hydrogen-bond acceptors (Lipinski definition) is 4. The molecule has 0 spiro atoms. The van der Waals surface area contributed by atoms with Gasteiger partial charge in [-0.3, -0.25) is 9.78 Å². The maximum absolute atomic E-state index is 12.1. The minimum atomic E-state index is -0.403. The Morgan fingerprint density at radius 1 is 1.47 bits per heavy atom. The third kappa shape index (κ3) is 2.58. The maximum Gasteiger partial charge on any atom is 0.289 e. The SMILES string of the molecule is Cc1cc(C)n(/N=C\c2cccnc2)c(=O)c1C#N. The first-order chi connectivity index (χ1) is 9.13. The van der Waals surface area contributed by atoms with E-state index < -0.39 is 5.56 Å². The van der Waals surface area contributed by atoms with Gasteiger partial charge in [0.2, 0.25) is 0 Å². The van der Waals surface area contributed by atoms with Gasteiger partial charge in [0, 0.05) is 23.7 Å². The molecule has 5 heteroatoms. The highest BCUT2D eigenvalue weighted by atomic mass is 16.1. The Morgan fingerprint density at radius 3 is 2.89 bits per heavy atom. The third-order valence-electron chi connectivity index (χ3n) is 2.68. The van der Waals surface area contributed by atoms with Crippen molar-refractivity contribution in [2.45, 2.75) is 13.8 Å². The van der Waals surface area contributed by atoms with Gasteiger partial charge in [0.05, 0.1) is 6.21 Å². The molecule has 0 fully saturated rings. The fourth-order valence-electron chi connectivity index (χ4n) is 1.74. The summed E-state index contributed by atoms with van der Waals surface area (Å²) in [5, 5.41) is 13.1. The highest BCUT2D eigenvalue weighted by Gasteiger charge is 2.08. The van der Waals surface area contributed by atoms with Gasteiger partial charge >= 0.3 is 0 Å². The molecule has 5 nitrogen and oxygen atoms in total. The van der Waals surface area contributed by atoms with Gasteiger partial charge in [-0.1, -0.05) is 6.07 Å². The number of hydrogen-bond donors (Lipinski definition) is 0. The standard InChI is InChI=1S/C14H12N4O/c1-10-6-11(2)18(14(19)13(10)7-15)17-9-12-4-3-5-16-8-12/h3-6,8-9H,1-2H3/b17-9-. The van der Waals surface area contributed by atoms with Crippen LogP contribution in [0.25, 0.3) is 0 Å². The summed E-state index contributed by atoms with van der Waals surface area (Å²) in [6.07, 6.45) is 4.84. The van der Waals surface area contributed by atoms with Crippen molar-refractivity contribution in [2.24, 2.45) is 5.10 Å². The Kier molecular flexibility index (Phi) is 3.53. The van der Waals surface area contributed by atoms with Crippen LogP contribution in [0.2, 0.25) is 0 Å². The van der Waals surface area contributed by atoms with Crippen LogP contribution in [0, 0.1) is 25.2 Å². The third-order valence-corrected chi connectivity index (χ3v) is 2.68. The monoisotopic (exact) mass is 252 g/mol. The molecule has 0 aliphatic heterocycles. The molecule has 0 aliphatic carbocycles. The molecular weight excluding hydrogens is 240 g/mol. The summed E-state index contributed by atoms with van der Waals surface area (Å²) in [6.45, 7) is 3.51. The summed E-state index contributed by atoms with van der Waals surface area (Å²) >= 11 is 0. The minimum Gasteiger partial charge on any atom is -0.266 e. The van der Waals surface area contributed by atoms with Crippen molar-refractivity contribution in [3.05, 3.63) is 63.3 Å². The van der Waals surface area contributed by atoms with Crippen LogP contribution >= 0.6 is 0 Å². The molecular formula is C14H12N4O. The molecule has 2 heterocycles. The lowest BCUT2D eigenvalue weighted by molar-refractivity contribution is 0.786. The number of nitrogens with zero attached hydrogens (tertiary/aromatic N) is 4. The van der Waals surface area contributed by atoms with Crippen LogP contribution in [0.5, 0.6) is 0 Å². The summed E-state index contributed by atoms with van der Waals surface area (Å²) in [7, 11) is 0. The van der Waals surface area contributed by atoms with E-state index in [9.17, 15) is 4.79 Å². The maximum atomic E-state index is 12.1. The van der Waals surface area contributed by atoms with Crippen LogP contribution in [0.3, 0.4) is 0 Å². The van der Waals surface area contributed by atoms with E-state index in [2.05, 4.69) is 10.1 Å². The van der Waals surface area contributed by atoms with Gasteiger partial charge < -0.3 is 0 Å². The zero-order valence-electron chi connectivity index (χ0n) is 10.7. The van der Waals surface area contributed by atoms with E-state index in [1.807, 2.05) is 12.1 Å². The Hall–Kier alpha value is -2.74. The number of pyridine rings is 2. The molecule has 0 bridgehead atoms. The van der Waals surface area contributed by atoms with Gasteiger partial charge in [0.25, 0.3) is 5.56 Å². The van der Waals surface area contributed by atoms with E-state index in [1.54, 1.807) is 38.4 Å².